The molecule has 0 aromatic carbocycles. The molecule has 0 unspecified atom stereocenters. The first kappa shape index (κ1) is 13.0. The molecule has 1 fully saturated rings. The highest BCUT2D eigenvalue weighted by molar-refractivity contribution is 5.81. The molecule has 16 heavy (non-hydrogen) atoms. The van der Waals surface area contributed by atoms with E-state index in [1.807, 2.05) is 13.8 Å². The Hall–Kier alpha value is -1.10. The van der Waals surface area contributed by atoms with Crippen LogP contribution in [-0.2, 0) is 14.3 Å². The van der Waals surface area contributed by atoms with E-state index in [0.29, 0.717) is 13.0 Å². The molecule has 2 N–H and O–H groups in total. The van der Waals surface area contributed by atoms with Gasteiger partial charge in [-0.15, -0.1) is 0 Å². The average Bonchev–Trinajstić information content (AvgIpc) is 2.67. The Morgan fingerprint density at radius 3 is 2.69 bits per heavy atom. The fourth-order valence-electron chi connectivity index (χ4n) is 1.68. The van der Waals surface area contributed by atoms with E-state index in [2.05, 4.69) is 5.32 Å². The normalized spacial score (nSPS) is 20.8. The van der Waals surface area contributed by atoms with Crippen molar-refractivity contribution in [3.05, 3.63) is 0 Å². The second-order valence-electron chi connectivity index (χ2n) is 4.77. The summed E-state index contributed by atoms with van der Waals surface area (Å²) in [6.07, 6.45) is 1.78. The smallest absolute Gasteiger partial charge is 0.303 e. The Morgan fingerprint density at radius 1 is 1.50 bits per heavy atom. The number of carbonyl (C=O) groups is 2. The highest BCUT2D eigenvalue weighted by Gasteiger charge is 2.28. The molecule has 92 valence electrons. The number of ether oxygens (including phenoxy) is 1. The van der Waals surface area contributed by atoms with Crippen molar-refractivity contribution in [2.24, 2.45) is 0 Å². The van der Waals surface area contributed by atoms with Crippen LogP contribution >= 0.6 is 0 Å². The number of rotatable bonds is 5. The molecule has 5 heteroatoms. The van der Waals surface area contributed by atoms with Gasteiger partial charge in [-0.25, -0.2) is 0 Å². The van der Waals surface area contributed by atoms with Crippen LogP contribution in [0.5, 0.6) is 0 Å². The van der Waals surface area contributed by atoms with E-state index < -0.39 is 11.5 Å². The zero-order valence-corrected chi connectivity index (χ0v) is 9.78. The molecule has 1 atom stereocenters. The van der Waals surface area contributed by atoms with E-state index in [4.69, 9.17) is 9.84 Å². The van der Waals surface area contributed by atoms with Crippen LogP contribution < -0.4 is 5.32 Å². The Morgan fingerprint density at radius 2 is 2.19 bits per heavy atom. The van der Waals surface area contributed by atoms with Crippen LogP contribution in [0.25, 0.3) is 0 Å². The fraction of sp³-hybridized carbons (Fsp3) is 0.818. The van der Waals surface area contributed by atoms with Gasteiger partial charge in [-0.1, -0.05) is 0 Å². The zero-order valence-electron chi connectivity index (χ0n) is 9.78. The van der Waals surface area contributed by atoms with Gasteiger partial charge >= 0.3 is 5.97 Å². The van der Waals surface area contributed by atoms with Crippen LogP contribution in [0.1, 0.15) is 39.5 Å². The van der Waals surface area contributed by atoms with Crippen LogP contribution in [0.15, 0.2) is 0 Å². The number of hydrogen-bond donors (Lipinski definition) is 2. The summed E-state index contributed by atoms with van der Waals surface area (Å²) >= 11 is 0. The first-order chi connectivity index (χ1) is 7.41. The number of nitrogens with one attached hydrogen (secondary N) is 1. The van der Waals surface area contributed by atoms with E-state index in [1.165, 1.54) is 0 Å². The number of hydrogen-bond acceptors (Lipinski definition) is 3. The maximum atomic E-state index is 11.7. The molecule has 1 rings (SSSR count). The minimum Gasteiger partial charge on any atom is -0.481 e. The van der Waals surface area contributed by atoms with Crippen molar-refractivity contribution in [1.82, 2.24) is 5.32 Å². The Kier molecular flexibility index (Phi) is 4.29. The second kappa shape index (κ2) is 5.30. The number of amides is 1. The number of carboxylic acids is 1. The molecule has 1 aliphatic heterocycles. The fourth-order valence-corrected chi connectivity index (χ4v) is 1.68. The van der Waals surface area contributed by atoms with Gasteiger partial charge < -0.3 is 15.2 Å². The summed E-state index contributed by atoms with van der Waals surface area (Å²) in [6.45, 7) is 4.28. The summed E-state index contributed by atoms with van der Waals surface area (Å²) in [7, 11) is 0. The monoisotopic (exact) mass is 229 g/mol. The van der Waals surface area contributed by atoms with Gasteiger partial charge in [0.1, 0.15) is 6.10 Å². The van der Waals surface area contributed by atoms with E-state index in [0.717, 1.165) is 12.8 Å². The van der Waals surface area contributed by atoms with Gasteiger partial charge in [-0.05, 0) is 33.1 Å². The van der Waals surface area contributed by atoms with Crippen LogP contribution in [0.2, 0.25) is 0 Å². The highest BCUT2D eigenvalue weighted by Crippen LogP contribution is 2.16. The molecule has 0 aromatic heterocycles. The van der Waals surface area contributed by atoms with Crippen LogP contribution in [0, 0.1) is 0 Å². The maximum Gasteiger partial charge on any atom is 0.303 e. The van der Waals surface area contributed by atoms with Gasteiger partial charge in [0, 0.05) is 18.6 Å². The molecule has 0 bridgehead atoms. The molecule has 5 nitrogen and oxygen atoms in total. The number of carboxylic acid groups (broad SMARTS) is 1. The van der Waals surface area contributed by atoms with Gasteiger partial charge in [0.25, 0.3) is 0 Å². The van der Waals surface area contributed by atoms with Crippen molar-refractivity contribution in [2.75, 3.05) is 6.61 Å². The lowest BCUT2D eigenvalue weighted by molar-refractivity contribution is -0.138. The van der Waals surface area contributed by atoms with E-state index >= 15 is 0 Å². The lowest BCUT2D eigenvalue weighted by Gasteiger charge is -2.27. The highest BCUT2D eigenvalue weighted by atomic mass is 16.5. The quantitative estimate of drug-likeness (QED) is 0.735. The first-order valence-electron chi connectivity index (χ1n) is 5.56. The maximum absolute atomic E-state index is 11.7. The van der Waals surface area contributed by atoms with Gasteiger partial charge in [0.15, 0.2) is 0 Å². The van der Waals surface area contributed by atoms with E-state index in [-0.39, 0.29) is 18.4 Å². The second-order valence-corrected chi connectivity index (χ2v) is 4.77. The van der Waals surface area contributed by atoms with Crippen molar-refractivity contribution < 1.29 is 19.4 Å². The van der Waals surface area contributed by atoms with Crippen molar-refractivity contribution in [1.29, 1.82) is 0 Å². The Labute approximate surface area is 95.2 Å². The number of aliphatic carboxylic acids is 1. The lowest BCUT2D eigenvalue weighted by Crippen LogP contribution is -2.47. The van der Waals surface area contributed by atoms with Gasteiger partial charge in [0.05, 0.1) is 0 Å². The summed E-state index contributed by atoms with van der Waals surface area (Å²) in [6, 6.07) is 0. The standard InChI is InChI=1S/C11H19NO4/c1-11(2,6-5-9(13)14)12-10(15)8-4-3-7-16-8/h8H,3-7H2,1-2H3,(H,12,15)(H,13,14)/t8-/m1/s1. The van der Waals surface area contributed by atoms with E-state index in [9.17, 15) is 9.59 Å². The zero-order chi connectivity index (χ0) is 12.2. The van der Waals surface area contributed by atoms with Gasteiger partial charge in [-0.2, -0.15) is 0 Å². The van der Waals surface area contributed by atoms with Crippen molar-refractivity contribution in [3.8, 4) is 0 Å². The lowest BCUT2D eigenvalue weighted by atomic mass is 9.98. The molecular formula is C11H19NO4. The van der Waals surface area contributed by atoms with Gasteiger partial charge in [0.2, 0.25) is 5.91 Å². The largest absolute Gasteiger partial charge is 0.481 e. The molecule has 1 saturated heterocycles. The third-order valence-corrected chi connectivity index (χ3v) is 2.65. The molecule has 0 aromatic rings. The molecule has 0 saturated carbocycles. The third kappa shape index (κ3) is 4.18. The third-order valence-electron chi connectivity index (χ3n) is 2.65. The molecule has 0 spiro atoms. The summed E-state index contributed by atoms with van der Waals surface area (Å²) in [4.78, 5) is 22.2. The predicted octanol–water partition coefficient (Wildman–Crippen LogP) is 0.925. The molecule has 0 radical (unpaired) electrons. The Balaban J connectivity index is 2.38. The summed E-state index contributed by atoms with van der Waals surface area (Å²) in [5.41, 5.74) is -0.499. The predicted molar refractivity (Wildman–Crippen MR) is 58.1 cm³/mol. The minimum atomic E-state index is -0.848. The van der Waals surface area contributed by atoms with Crippen molar-refractivity contribution in [2.45, 2.75) is 51.2 Å². The first-order valence-corrected chi connectivity index (χ1v) is 5.56. The van der Waals surface area contributed by atoms with Crippen LogP contribution in [0.3, 0.4) is 0 Å². The van der Waals surface area contributed by atoms with Crippen molar-refractivity contribution >= 4 is 11.9 Å². The average molecular weight is 229 g/mol. The molecule has 1 amide bonds. The molecule has 1 aliphatic rings. The summed E-state index contributed by atoms with van der Waals surface area (Å²) in [5.74, 6) is -0.979. The topological polar surface area (TPSA) is 75.6 Å². The minimum absolute atomic E-state index is 0.0544. The molecule has 0 aliphatic carbocycles. The molecule has 1 heterocycles. The SMILES string of the molecule is CC(C)(CCC(=O)O)NC(=O)[C@H]1CCCO1. The number of carbonyl (C=O) groups excluding carboxylic acids is 1. The van der Waals surface area contributed by atoms with E-state index in [1.54, 1.807) is 0 Å². The molecular weight excluding hydrogens is 210 g/mol. The van der Waals surface area contributed by atoms with Crippen LogP contribution in [-0.4, -0.2) is 35.2 Å². The van der Waals surface area contributed by atoms with Crippen LogP contribution in [0.4, 0.5) is 0 Å². The summed E-state index contributed by atoms with van der Waals surface area (Å²) in [5, 5.41) is 11.4. The summed E-state index contributed by atoms with van der Waals surface area (Å²) < 4.78 is 5.26. The van der Waals surface area contributed by atoms with Gasteiger partial charge in [-0.3, -0.25) is 9.59 Å². The Bertz CT molecular complexity index is 269. The van der Waals surface area contributed by atoms with Crippen molar-refractivity contribution in [3.63, 3.8) is 0 Å².